The SMILES string of the molecule is O=[N+]([O-])c1ccccc1CCc1ccccc1. The highest BCUT2D eigenvalue weighted by molar-refractivity contribution is 5.40. The molecule has 3 heteroatoms. The second kappa shape index (κ2) is 5.25. The molecule has 2 aromatic rings. The number of benzene rings is 2. The van der Waals surface area contributed by atoms with Gasteiger partial charge in [0.1, 0.15) is 0 Å². The second-order valence-corrected chi connectivity index (χ2v) is 3.87. The average molecular weight is 227 g/mol. The van der Waals surface area contributed by atoms with Crippen molar-refractivity contribution < 1.29 is 4.92 Å². The predicted octanol–water partition coefficient (Wildman–Crippen LogP) is 3.38. The standard InChI is InChI=1S/C14H13NO2/c16-15(17)14-9-5-4-8-13(14)11-10-12-6-2-1-3-7-12/h1-9H,10-11H2. The van der Waals surface area contributed by atoms with Crippen molar-refractivity contribution in [1.29, 1.82) is 0 Å². The van der Waals surface area contributed by atoms with E-state index in [4.69, 9.17) is 0 Å². The highest BCUT2D eigenvalue weighted by atomic mass is 16.6. The Bertz CT molecular complexity index is 509. The first-order valence-corrected chi connectivity index (χ1v) is 5.53. The van der Waals surface area contributed by atoms with Crippen LogP contribution in [-0.4, -0.2) is 4.92 Å². The molecule has 0 aromatic heterocycles. The lowest BCUT2D eigenvalue weighted by molar-refractivity contribution is -0.385. The van der Waals surface area contributed by atoms with Crippen LogP contribution in [0.3, 0.4) is 0 Å². The lowest BCUT2D eigenvalue weighted by Gasteiger charge is -2.03. The molecule has 2 rings (SSSR count). The Morgan fingerprint density at radius 3 is 2.24 bits per heavy atom. The Labute approximate surface area is 99.9 Å². The van der Waals surface area contributed by atoms with Crippen LogP contribution in [0.25, 0.3) is 0 Å². The van der Waals surface area contributed by atoms with Crippen molar-refractivity contribution in [2.24, 2.45) is 0 Å². The zero-order chi connectivity index (χ0) is 12.1. The van der Waals surface area contributed by atoms with Gasteiger partial charge < -0.3 is 0 Å². The van der Waals surface area contributed by atoms with Gasteiger partial charge in [-0.15, -0.1) is 0 Å². The van der Waals surface area contributed by atoms with Gasteiger partial charge in [0, 0.05) is 11.6 Å². The maximum atomic E-state index is 10.8. The monoisotopic (exact) mass is 227 g/mol. The zero-order valence-corrected chi connectivity index (χ0v) is 9.37. The Balaban J connectivity index is 2.12. The van der Waals surface area contributed by atoms with Gasteiger partial charge in [0.05, 0.1) is 4.92 Å². The average Bonchev–Trinajstić information content (AvgIpc) is 2.38. The van der Waals surface area contributed by atoms with Gasteiger partial charge in [0.25, 0.3) is 5.69 Å². The minimum Gasteiger partial charge on any atom is -0.258 e. The largest absolute Gasteiger partial charge is 0.272 e. The van der Waals surface area contributed by atoms with Crippen LogP contribution in [0.4, 0.5) is 5.69 Å². The fourth-order valence-corrected chi connectivity index (χ4v) is 1.82. The van der Waals surface area contributed by atoms with E-state index in [1.54, 1.807) is 12.1 Å². The molecule has 0 atom stereocenters. The molecule has 0 aliphatic rings. The van der Waals surface area contributed by atoms with Gasteiger partial charge in [0.2, 0.25) is 0 Å². The predicted molar refractivity (Wildman–Crippen MR) is 66.9 cm³/mol. The van der Waals surface area contributed by atoms with Crippen molar-refractivity contribution in [3.8, 4) is 0 Å². The Kier molecular flexibility index (Phi) is 3.50. The molecule has 0 radical (unpaired) electrons. The lowest BCUT2D eigenvalue weighted by Crippen LogP contribution is -1.97. The van der Waals surface area contributed by atoms with E-state index in [0.717, 1.165) is 12.0 Å². The summed E-state index contributed by atoms with van der Waals surface area (Å²) in [6.07, 6.45) is 1.52. The molecule has 86 valence electrons. The molecule has 0 unspecified atom stereocenters. The van der Waals surface area contributed by atoms with Crippen LogP contribution >= 0.6 is 0 Å². The number of hydrogen-bond acceptors (Lipinski definition) is 2. The Morgan fingerprint density at radius 2 is 1.53 bits per heavy atom. The first-order chi connectivity index (χ1) is 8.27. The van der Waals surface area contributed by atoms with E-state index < -0.39 is 0 Å². The summed E-state index contributed by atoms with van der Waals surface area (Å²) in [7, 11) is 0. The number of nitrogens with zero attached hydrogens (tertiary/aromatic N) is 1. The first kappa shape index (κ1) is 11.3. The van der Waals surface area contributed by atoms with Gasteiger partial charge in [-0.1, -0.05) is 48.5 Å². The molecule has 0 N–H and O–H groups in total. The summed E-state index contributed by atoms with van der Waals surface area (Å²) in [5, 5.41) is 10.8. The van der Waals surface area contributed by atoms with Crippen LogP contribution in [0, 0.1) is 10.1 Å². The van der Waals surface area contributed by atoms with E-state index in [9.17, 15) is 10.1 Å². The third kappa shape index (κ3) is 2.91. The number of hydrogen-bond donors (Lipinski definition) is 0. The molecule has 0 saturated heterocycles. The van der Waals surface area contributed by atoms with Crippen LogP contribution in [0.15, 0.2) is 54.6 Å². The molecule has 0 amide bonds. The van der Waals surface area contributed by atoms with Crippen LogP contribution in [-0.2, 0) is 12.8 Å². The quantitative estimate of drug-likeness (QED) is 0.593. The van der Waals surface area contributed by atoms with Gasteiger partial charge in [-0.2, -0.15) is 0 Å². The van der Waals surface area contributed by atoms with Crippen LogP contribution in [0.5, 0.6) is 0 Å². The minimum atomic E-state index is -0.319. The van der Waals surface area contributed by atoms with Crippen molar-refractivity contribution in [1.82, 2.24) is 0 Å². The number of para-hydroxylation sites is 1. The van der Waals surface area contributed by atoms with E-state index >= 15 is 0 Å². The molecule has 0 saturated carbocycles. The lowest BCUT2D eigenvalue weighted by atomic mass is 10.0. The summed E-state index contributed by atoms with van der Waals surface area (Å²) in [5.41, 5.74) is 2.20. The summed E-state index contributed by atoms with van der Waals surface area (Å²) < 4.78 is 0. The van der Waals surface area contributed by atoms with Gasteiger partial charge in [-0.05, 0) is 18.4 Å². The van der Waals surface area contributed by atoms with Crippen molar-refractivity contribution in [3.63, 3.8) is 0 Å². The molecular weight excluding hydrogens is 214 g/mol. The van der Waals surface area contributed by atoms with Crippen LogP contribution in [0.1, 0.15) is 11.1 Å². The summed E-state index contributed by atoms with van der Waals surface area (Å²) in [5.74, 6) is 0. The topological polar surface area (TPSA) is 43.1 Å². The highest BCUT2D eigenvalue weighted by Gasteiger charge is 2.11. The zero-order valence-electron chi connectivity index (χ0n) is 9.37. The number of nitro groups is 1. The third-order valence-corrected chi connectivity index (χ3v) is 2.71. The number of rotatable bonds is 4. The van der Waals surface area contributed by atoms with Gasteiger partial charge >= 0.3 is 0 Å². The minimum absolute atomic E-state index is 0.212. The van der Waals surface area contributed by atoms with Crippen molar-refractivity contribution in [2.75, 3.05) is 0 Å². The maximum absolute atomic E-state index is 10.8. The third-order valence-electron chi connectivity index (χ3n) is 2.71. The summed E-state index contributed by atoms with van der Waals surface area (Å²) in [6.45, 7) is 0. The van der Waals surface area contributed by atoms with Crippen molar-refractivity contribution in [3.05, 3.63) is 75.8 Å². The number of nitro benzene ring substituents is 1. The van der Waals surface area contributed by atoms with Gasteiger partial charge in [0.15, 0.2) is 0 Å². The van der Waals surface area contributed by atoms with E-state index in [0.29, 0.717) is 6.42 Å². The first-order valence-electron chi connectivity index (χ1n) is 5.53. The van der Waals surface area contributed by atoms with Gasteiger partial charge in [-0.25, -0.2) is 0 Å². The molecule has 0 heterocycles. The van der Waals surface area contributed by atoms with Crippen LogP contribution < -0.4 is 0 Å². The molecular formula is C14H13NO2. The van der Waals surface area contributed by atoms with Gasteiger partial charge in [-0.3, -0.25) is 10.1 Å². The van der Waals surface area contributed by atoms with Crippen LogP contribution in [0.2, 0.25) is 0 Å². The van der Waals surface area contributed by atoms with E-state index in [-0.39, 0.29) is 10.6 Å². The van der Waals surface area contributed by atoms with Crippen molar-refractivity contribution >= 4 is 5.69 Å². The molecule has 0 fully saturated rings. The Morgan fingerprint density at radius 1 is 0.882 bits per heavy atom. The van der Waals surface area contributed by atoms with E-state index in [2.05, 4.69) is 0 Å². The molecule has 0 spiro atoms. The summed E-state index contributed by atoms with van der Waals surface area (Å²) >= 11 is 0. The second-order valence-electron chi connectivity index (χ2n) is 3.87. The summed E-state index contributed by atoms with van der Waals surface area (Å²) in [6, 6.07) is 16.9. The fraction of sp³-hybridized carbons (Fsp3) is 0.143. The molecule has 0 aliphatic carbocycles. The maximum Gasteiger partial charge on any atom is 0.272 e. The number of aryl methyl sites for hydroxylation is 2. The fourth-order valence-electron chi connectivity index (χ4n) is 1.82. The normalized spacial score (nSPS) is 10.1. The van der Waals surface area contributed by atoms with E-state index in [1.807, 2.05) is 42.5 Å². The summed E-state index contributed by atoms with van der Waals surface area (Å²) in [4.78, 5) is 10.5. The molecule has 3 nitrogen and oxygen atoms in total. The molecule has 0 aliphatic heterocycles. The molecule has 2 aromatic carbocycles. The van der Waals surface area contributed by atoms with Crippen molar-refractivity contribution in [2.45, 2.75) is 12.8 Å². The molecule has 17 heavy (non-hydrogen) atoms. The Hall–Kier alpha value is -2.16. The molecule has 0 bridgehead atoms. The highest BCUT2D eigenvalue weighted by Crippen LogP contribution is 2.19. The van der Waals surface area contributed by atoms with E-state index in [1.165, 1.54) is 5.56 Å². The smallest absolute Gasteiger partial charge is 0.258 e.